The maximum atomic E-state index is 9.23. The number of hydrogen-bond donors (Lipinski definition) is 2. The van der Waals surface area contributed by atoms with Gasteiger partial charge in [0.2, 0.25) is 4.77 Å². The summed E-state index contributed by atoms with van der Waals surface area (Å²) in [5, 5.41) is 22.4. The van der Waals surface area contributed by atoms with Gasteiger partial charge in [-0.25, -0.2) is 4.68 Å². The van der Waals surface area contributed by atoms with Crippen LogP contribution >= 0.6 is 12.2 Å². The summed E-state index contributed by atoms with van der Waals surface area (Å²) < 4.78 is 3.01. The Kier molecular flexibility index (Phi) is 3.14. The van der Waals surface area contributed by atoms with Gasteiger partial charge in [-0.3, -0.25) is 4.57 Å². The van der Waals surface area contributed by atoms with Gasteiger partial charge in [0.15, 0.2) is 5.82 Å². The highest BCUT2D eigenvalue weighted by molar-refractivity contribution is 7.71. The molecule has 5 nitrogen and oxygen atoms in total. The van der Waals surface area contributed by atoms with Crippen molar-refractivity contribution in [1.29, 1.82) is 0 Å². The number of hydrogen-bond acceptors (Lipinski definition) is 4. The molecule has 0 amide bonds. The van der Waals surface area contributed by atoms with E-state index >= 15 is 0 Å². The molecule has 0 aliphatic heterocycles. The van der Waals surface area contributed by atoms with Crippen LogP contribution in [0, 0.1) is 4.77 Å². The van der Waals surface area contributed by atoms with E-state index in [2.05, 4.69) is 5.10 Å². The molecule has 1 aromatic heterocycles. The average molecular weight is 237 g/mol. The Morgan fingerprint density at radius 2 is 1.81 bits per heavy atom. The van der Waals surface area contributed by atoms with E-state index in [-0.39, 0.29) is 13.5 Å². The van der Waals surface area contributed by atoms with E-state index in [1.807, 2.05) is 30.3 Å². The van der Waals surface area contributed by atoms with Crippen LogP contribution in [0.3, 0.4) is 0 Å². The molecule has 2 N–H and O–H groups in total. The Bertz CT molecular complexity index is 533. The molecule has 1 aromatic carbocycles. The number of benzene rings is 1. The molecular weight excluding hydrogens is 226 g/mol. The first kappa shape index (κ1) is 11.0. The van der Waals surface area contributed by atoms with Crippen LogP contribution in [0.5, 0.6) is 0 Å². The molecule has 2 rings (SSSR count). The summed E-state index contributed by atoms with van der Waals surface area (Å²) in [6.07, 6.45) is 0. The van der Waals surface area contributed by atoms with Gasteiger partial charge in [0.1, 0.15) is 13.5 Å². The van der Waals surface area contributed by atoms with Crippen LogP contribution < -0.4 is 0 Å². The summed E-state index contributed by atoms with van der Waals surface area (Å²) in [6.45, 7) is -0.561. The largest absolute Gasteiger partial charge is 0.376 e. The van der Waals surface area contributed by atoms with Crippen molar-refractivity contribution in [3.63, 3.8) is 0 Å². The highest BCUT2D eigenvalue weighted by atomic mass is 32.1. The fourth-order valence-corrected chi connectivity index (χ4v) is 1.70. The first-order valence-corrected chi connectivity index (χ1v) is 5.13. The van der Waals surface area contributed by atoms with E-state index in [4.69, 9.17) is 17.3 Å². The summed E-state index contributed by atoms with van der Waals surface area (Å²) in [6, 6.07) is 9.37. The Hall–Kier alpha value is -1.50. The fourth-order valence-electron chi connectivity index (χ4n) is 1.46. The van der Waals surface area contributed by atoms with Crippen LogP contribution in [0.4, 0.5) is 0 Å². The van der Waals surface area contributed by atoms with Gasteiger partial charge in [0.25, 0.3) is 0 Å². The molecule has 0 aliphatic carbocycles. The zero-order valence-corrected chi connectivity index (χ0v) is 9.26. The lowest BCUT2D eigenvalue weighted by molar-refractivity contribution is 0.185. The summed E-state index contributed by atoms with van der Waals surface area (Å²) in [4.78, 5) is 0. The third-order valence-corrected chi connectivity index (χ3v) is 2.66. The van der Waals surface area contributed by atoms with E-state index in [1.54, 1.807) is 0 Å². The van der Waals surface area contributed by atoms with E-state index in [9.17, 15) is 5.11 Å². The number of nitrogens with zero attached hydrogens (tertiary/aromatic N) is 3. The second-order valence-corrected chi connectivity index (χ2v) is 3.55. The smallest absolute Gasteiger partial charge is 0.202 e. The molecule has 0 saturated heterocycles. The molecule has 0 atom stereocenters. The molecule has 6 heteroatoms. The summed E-state index contributed by atoms with van der Waals surface area (Å²) >= 11 is 5.05. The number of aliphatic hydroxyl groups excluding tert-OH is 2. The maximum absolute atomic E-state index is 9.23. The average Bonchev–Trinajstić information content (AvgIpc) is 2.66. The van der Waals surface area contributed by atoms with Crippen molar-refractivity contribution in [1.82, 2.24) is 14.3 Å². The van der Waals surface area contributed by atoms with Gasteiger partial charge in [-0.05, 0) is 12.2 Å². The van der Waals surface area contributed by atoms with E-state index in [0.717, 1.165) is 5.56 Å². The van der Waals surface area contributed by atoms with Crippen molar-refractivity contribution < 1.29 is 10.2 Å². The summed E-state index contributed by atoms with van der Waals surface area (Å²) in [5.74, 6) is 0.544. The van der Waals surface area contributed by atoms with Gasteiger partial charge in [-0.1, -0.05) is 30.3 Å². The van der Waals surface area contributed by atoms with E-state index in [1.165, 1.54) is 9.25 Å². The third kappa shape index (κ3) is 1.78. The molecule has 0 unspecified atom stereocenters. The predicted octanol–water partition coefficient (Wildman–Crippen LogP) is 0.981. The molecule has 0 aliphatic rings. The summed E-state index contributed by atoms with van der Waals surface area (Å²) in [5.41, 5.74) is 0.842. The Labute approximate surface area is 97.2 Å². The lowest BCUT2D eigenvalue weighted by Gasteiger charge is -2.01. The second-order valence-electron chi connectivity index (χ2n) is 3.18. The van der Waals surface area contributed by atoms with Crippen molar-refractivity contribution in [2.45, 2.75) is 13.5 Å². The highest BCUT2D eigenvalue weighted by Crippen LogP contribution is 2.17. The Morgan fingerprint density at radius 1 is 1.12 bits per heavy atom. The normalized spacial score (nSPS) is 10.6. The highest BCUT2D eigenvalue weighted by Gasteiger charge is 2.10. The van der Waals surface area contributed by atoms with E-state index < -0.39 is 0 Å². The standard InChI is InChI=1S/C10H11N3O2S/c14-6-12-9(8-4-2-1-3-5-8)11-13(7-15)10(12)16/h1-5,14-15H,6-7H2. The van der Waals surface area contributed by atoms with Crippen LogP contribution in [0.1, 0.15) is 0 Å². The molecule has 1 heterocycles. The molecule has 0 spiro atoms. The van der Waals surface area contributed by atoms with Gasteiger partial charge >= 0.3 is 0 Å². The molecule has 0 fully saturated rings. The zero-order valence-electron chi connectivity index (χ0n) is 8.45. The van der Waals surface area contributed by atoms with Gasteiger partial charge in [-0.2, -0.15) is 0 Å². The second kappa shape index (κ2) is 4.56. The minimum Gasteiger partial charge on any atom is -0.376 e. The van der Waals surface area contributed by atoms with Crippen molar-refractivity contribution >= 4 is 12.2 Å². The Morgan fingerprint density at radius 3 is 2.38 bits per heavy atom. The van der Waals surface area contributed by atoms with Crippen LogP contribution in [0.25, 0.3) is 11.4 Å². The van der Waals surface area contributed by atoms with Gasteiger partial charge < -0.3 is 10.2 Å². The number of rotatable bonds is 3. The SMILES string of the molecule is OCn1nc(-c2ccccc2)n(CO)c1=S. The predicted molar refractivity (Wildman–Crippen MR) is 60.9 cm³/mol. The molecule has 2 aromatic rings. The van der Waals surface area contributed by atoms with E-state index in [0.29, 0.717) is 10.6 Å². The Balaban J connectivity index is 2.61. The van der Waals surface area contributed by atoms with Crippen LogP contribution in [-0.4, -0.2) is 24.6 Å². The molecule has 84 valence electrons. The first-order chi connectivity index (χ1) is 7.77. The van der Waals surface area contributed by atoms with Crippen molar-refractivity contribution in [3.05, 3.63) is 35.1 Å². The number of aliphatic hydroxyl groups is 2. The van der Waals surface area contributed by atoms with Gasteiger partial charge in [-0.15, -0.1) is 5.10 Å². The lowest BCUT2D eigenvalue weighted by Crippen LogP contribution is -2.01. The van der Waals surface area contributed by atoms with Crippen LogP contribution in [0.2, 0.25) is 0 Å². The molecule has 0 saturated carbocycles. The monoisotopic (exact) mass is 237 g/mol. The first-order valence-electron chi connectivity index (χ1n) is 4.72. The topological polar surface area (TPSA) is 63.2 Å². The molecular formula is C10H11N3O2S. The van der Waals surface area contributed by atoms with Crippen molar-refractivity contribution in [2.24, 2.45) is 0 Å². The molecule has 16 heavy (non-hydrogen) atoms. The fraction of sp³-hybridized carbons (Fsp3) is 0.200. The summed E-state index contributed by atoms with van der Waals surface area (Å²) in [7, 11) is 0. The quantitative estimate of drug-likeness (QED) is 0.781. The van der Waals surface area contributed by atoms with Gasteiger partial charge in [0, 0.05) is 5.56 Å². The minimum absolute atomic E-state index is 0.261. The van der Waals surface area contributed by atoms with Crippen LogP contribution in [0.15, 0.2) is 30.3 Å². The van der Waals surface area contributed by atoms with Crippen molar-refractivity contribution in [3.8, 4) is 11.4 Å². The minimum atomic E-state index is -0.300. The third-order valence-electron chi connectivity index (χ3n) is 2.23. The number of aromatic nitrogens is 3. The lowest BCUT2D eigenvalue weighted by atomic mass is 10.2. The zero-order chi connectivity index (χ0) is 11.5. The maximum Gasteiger partial charge on any atom is 0.202 e. The molecule has 0 bridgehead atoms. The molecule has 0 radical (unpaired) electrons. The van der Waals surface area contributed by atoms with Crippen molar-refractivity contribution in [2.75, 3.05) is 0 Å². The van der Waals surface area contributed by atoms with Gasteiger partial charge in [0.05, 0.1) is 0 Å². The van der Waals surface area contributed by atoms with Crippen LogP contribution in [-0.2, 0) is 13.5 Å².